The van der Waals surface area contributed by atoms with E-state index < -0.39 is 20.0 Å². The number of hydrogen-bond donors (Lipinski definition) is 2. The van der Waals surface area contributed by atoms with Crippen LogP contribution in [0.4, 0.5) is 0 Å². The number of phosphoric acid groups is 1. The van der Waals surface area contributed by atoms with Gasteiger partial charge in [0.1, 0.15) is 13.2 Å². The second-order valence-electron chi connectivity index (χ2n) is 19.9. The molecule has 0 bridgehead atoms. The van der Waals surface area contributed by atoms with Gasteiger partial charge in [0, 0.05) is 6.42 Å². The number of rotatable bonds is 50. The average Bonchev–Trinajstić information content (AvgIpc) is 3.25. The zero-order chi connectivity index (χ0) is 47.1. The molecule has 0 aromatic rings. The lowest BCUT2D eigenvalue weighted by molar-refractivity contribution is -0.870. The molecule has 64 heavy (non-hydrogen) atoms. The van der Waals surface area contributed by atoms with Crippen molar-refractivity contribution in [1.82, 2.24) is 5.32 Å². The minimum Gasteiger partial charge on any atom is -0.756 e. The third-order valence-electron chi connectivity index (χ3n) is 12.4. The molecule has 0 spiro atoms. The van der Waals surface area contributed by atoms with Gasteiger partial charge in [-0.1, -0.05) is 237 Å². The number of unbranched alkanes of at least 4 members (excludes halogenated alkanes) is 31. The minimum absolute atomic E-state index is 0.0121. The highest BCUT2D eigenvalue weighted by Crippen LogP contribution is 2.38. The fourth-order valence-electron chi connectivity index (χ4n) is 8.05. The van der Waals surface area contributed by atoms with Crippen LogP contribution < -0.4 is 10.2 Å². The maximum absolute atomic E-state index is 13.0. The summed E-state index contributed by atoms with van der Waals surface area (Å²) in [7, 11) is 1.31. The molecule has 1 amide bonds. The maximum Gasteiger partial charge on any atom is 0.268 e. The van der Waals surface area contributed by atoms with Gasteiger partial charge in [0.2, 0.25) is 5.91 Å². The first-order chi connectivity index (χ1) is 31.0. The SMILES string of the molecule is CCCCCCC/C=C\C/C=C\C/C=C\CCCCCCCCCCCCCCC(=O)NC(COP(=O)([O-])OCC[N+](C)(C)C)C(O)CCCCCCCCCCCCCCCCC. The van der Waals surface area contributed by atoms with Gasteiger partial charge in [0.25, 0.3) is 7.82 Å². The van der Waals surface area contributed by atoms with E-state index in [0.29, 0.717) is 23.9 Å². The molecule has 3 atom stereocenters. The van der Waals surface area contributed by atoms with Crippen molar-refractivity contribution in [2.75, 3.05) is 40.9 Å². The number of nitrogens with zero attached hydrogens (tertiary/aromatic N) is 1. The van der Waals surface area contributed by atoms with E-state index in [-0.39, 0.29) is 19.1 Å². The molecule has 0 aliphatic rings. The van der Waals surface area contributed by atoms with E-state index >= 15 is 0 Å². The summed E-state index contributed by atoms with van der Waals surface area (Å²) in [6.07, 6.45) is 58.7. The number of amides is 1. The third kappa shape index (κ3) is 48.6. The first-order valence-corrected chi connectivity index (χ1v) is 28.8. The largest absolute Gasteiger partial charge is 0.756 e. The molecule has 0 aromatic carbocycles. The Kier molecular flexibility index (Phi) is 45.9. The molecule has 0 heterocycles. The van der Waals surface area contributed by atoms with Crippen molar-refractivity contribution in [3.8, 4) is 0 Å². The van der Waals surface area contributed by atoms with Crippen molar-refractivity contribution < 1.29 is 32.9 Å². The highest BCUT2D eigenvalue weighted by atomic mass is 31.2. The lowest BCUT2D eigenvalue weighted by atomic mass is 10.0. The molecule has 0 saturated heterocycles. The van der Waals surface area contributed by atoms with Crippen LogP contribution in [0.15, 0.2) is 36.5 Å². The summed E-state index contributed by atoms with van der Waals surface area (Å²) < 4.78 is 23.4. The van der Waals surface area contributed by atoms with Crippen LogP contribution in [-0.2, 0) is 18.4 Å². The van der Waals surface area contributed by atoms with Crippen LogP contribution in [0.2, 0.25) is 0 Å². The number of likely N-dealkylation sites (N-methyl/N-ethyl adjacent to an activating group) is 1. The number of carbonyl (C=O) groups excluding carboxylic acids is 1. The van der Waals surface area contributed by atoms with Crippen molar-refractivity contribution in [2.24, 2.45) is 0 Å². The fourth-order valence-corrected chi connectivity index (χ4v) is 8.77. The molecule has 0 aromatic heterocycles. The molecular weight excluding hydrogens is 816 g/mol. The molecule has 3 unspecified atom stereocenters. The number of phosphoric ester groups is 1. The zero-order valence-electron chi connectivity index (χ0n) is 43.0. The van der Waals surface area contributed by atoms with E-state index in [1.54, 1.807) is 0 Å². The second-order valence-corrected chi connectivity index (χ2v) is 21.4. The molecule has 0 aliphatic heterocycles. The minimum atomic E-state index is -4.57. The Morgan fingerprint density at radius 1 is 0.547 bits per heavy atom. The first-order valence-electron chi connectivity index (χ1n) is 27.3. The lowest BCUT2D eigenvalue weighted by Gasteiger charge is -2.30. The zero-order valence-corrected chi connectivity index (χ0v) is 43.9. The third-order valence-corrected chi connectivity index (χ3v) is 13.3. The highest BCUT2D eigenvalue weighted by Gasteiger charge is 2.24. The standard InChI is InChI=1S/C55H107N2O6P/c1-6-8-10-12-14-16-18-20-22-23-24-25-26-27-28-29-30-31-32-33-35-37-39-41-43-45-47-49-55(59)56-53(52-63-64(60,61)62-51-50-57(3,4)5)54(58)48-46-44-42-40-38-36-34-21-19-17-15-13-11-9-7-2/h18,20,23-24,26-27,53-54,58H,6-17,19,21-22,25,28-52H2,1-5H3,(H-,56,59,60,61)/b20-18-,24-23-,27-26-. The molecular formula is C55H107N2O6P. The Bertz CT molecular complexity index is 1140. The van der Waals surface area contributed by atoms with Crippen LogP contribution in [-0.4, -0.2) is 68.5 Å². The smallest absolute Gasteiger partial charge is 0.268 e. The molecule has 2 N–H and O–H groups in total. The van der Waals surface area contributed by atoms with E-state index in [1.165, 1.54) is 180 Å². The maximum atomic E-state index is 13.0. The van der Waals surface area contributed by atoms with E-state index in [9.17, 15) is 19.4 Å². The number of hydrogen-bond acceptors (Lipinski definition) is 6. The molecule has 0 saturated carbocycles. The van der Waals surface area contributed by atoms with E-state index in [2.05, 4.69) is 55.6 Å². The Labute approximate surface area is 397 Å². The normalized spacial score (nSPS) is 14.3. The van der Waals surface area contributed by atoms with Crippen molar-refractivity contribution in [3.63, 3.8) is 0 Å². The summed E-state index contributed by atoms with van der Waals surface area (Å²) in [4.78, 5) is 25.5. The molecule has 0 fully saturated rings. The van der Waals surface area contributed by atoms with Gasteiger partial charge in [-0.15, -0.1) is 0 Å². The fraction of sp³-hybridized carbons (Fsp3) is 0.873. The van der Waals surface area contributed by atoms with E-state index in [1.807, 2.05) is 21.1 Å². The summed E-state index contributed by atoms with van der Waals surface area (Å²) in [5.41, 5.74) is 0. The monoisotopic (exact) mass is 923 g/mol. The predicted octanol–water partition coefficient (Wildman–Crippen LogP) is 15.6. The van der Waals surface area contributed by atoms with Crippen molar-refractivity contribution in [3.05, 3.63) is 36.5 Å². The Hall–Kier alpha value is -1.28. The first kappa shape index (κ1) is 62.7. The van der Waals surface area contributed by atoms with Gasteiger partial charge in [0.05, 0.1) is 39.9 Å². The van der Waals surface area contributed by atoms with Crippen LogP contribution in [0, 0.1) is 0 Å². The molecule has 9 heteroatoms. The van der Waals surface area contributed by atoms with Crippen LogP contribution in [0.1, 0.15) is 258 Å². The number of aliphatic hydroxyl groups excluding tert-OH is 1. The summed E-state index contributed by atoms with van der Waals surface area (Å²) in [5, 5.41) is 14.0. The molecule has 378 valence electrons. The van der Waals surface area contributed by atoms with Crippen molar-refractivity contribution in [2.45, 2.75) is 270 Å². The summed E-state index contributed by atoms with van der Waals surface area (Å²) in [5.74, 6) is -0.165. The number of nitrogens with one attached hydrogen (secondary N) is 1. The lowest BCUT2D eigenvalue weighted by Crippen LogP contribution is -2.46. The van der Waals surface area contributed by atoms with Crippen molar-refractivity contribution >= 4 is 13.7 Å². The molecule has 0 radical (unpaired) electrons. The van der Waals surface area contributed by atoms with Crippen LogP contribution in [0.25, 0.3) is 0 Å². The Balaban J connectivity index is 4.15. The van der Waals surface area contributed by atoms with Gasteiger partial charge in [-0.25, -0.2) is 0 Å². The van der Waals surface area contributed by atoms with Crippen LogP contribution in [0.5, 0.6) is 0 Å². The van der Waals surface area contributed by atoms with Crippen molar-refractivity contribution in [1.29, 1.82) is 0 Å². The van der Waals surface area contributed by atoms with Gasteiger partial charge in [0.15, 0.2) is 0 Å². The number of allylic oxidation sites excluding steroid dienone is 6. The van der Waals surface area contributed by atoms with Crippen LogP contribution >= 0.6 is 7.82 Å². The van der Waals surface area contributed by atoms with Gasteiger partial charge in [-0.05, 0) is 51.4 Å². The summed E-state index contributed by atoms with van der Waals surface area (Å²) in [6, 6.07) is -0.801. The highest BCUT2D eigenvalue weighted by molar-refractivity contribution is 7.45. The predicted molar refractivity (Wildman–Crippen MR) is 275 cm³/mol. The Morgan fingerprint density at radius 2 is 0.906 bits per heavy atom. The van der Waals surface area contributed by atoms with E-state index in [0.717, 1.165) is 51.4 Å². The Morgan fingerprint density at radius 3 is 1.31 bits per heavy atom. The average molecular weight is 923 g/mol. The van der Waals surface area contributed by atoms with Gasteiger partial charge in [-0.3, -0.25) is 9.36 Å². The van der Waals surface area contributed by atoms with Gasteiger partial charge < -0.3 is 28.8 Å². The number of quaternary nitrogens is 1. The van der Waals surface area contributed by atoms with E-state index in [4.69, 9.17) is 9.05 Å². The van der Waals surface area contributed by atoms with Gasteiger partial charge >= 0.3 is 0 Å². The second kappa shape index (κ2) is 46.8. The topological polar surface area (TPSA) is 108 Å². The summed E-state index contributed by atoms with van der Waals surface area (Å²) >= 11 is 0. The summed E-state index contributed by atoms with van der Waals surface area (Å²) in [6.45, 7) is 4.73. The number of aliphatic hydroxyl groups is 1. The van der Waals surface area contributed by atoms with Crippen LogP contribution in [0.3, 0.4) is 0 Å². The van der Waals surface area contributed by atoms with Gasteiger partial charge in [-0.2, -0.15) is 0 Å². The molecule has 0 aliphatic carbocycles. The quantitative estimate of drug-likeness (QED) is 0.0272. The number of carbonyl (C=O) groups is 1. The molecule has 8 nitrogen and oxygen atoms in total. The molecule has 0 rings (SSSR count).